The highest BCUT2D eigenvalue weighted by Gasteiger charge is 2.29. The zero-order chi connectivity index (χ0) is 14.8. The smallest absolute Gasteiger partial charge is 0.188 e. The van der Waals surface area contributed by atoms with Crippen LogP contribution in [0.5, 0.6) is 0 Å². The number of hydrogen-bond donors (Lipinski definition) is 0. The van der Waals surface area contributed by atoms with E-state index in [0.29, 0.717) is 0 Å². The van der Waals surface area contributed by atoms with Crippen molar-refractivity contribution < 1.29 is 0 Å². The van der Waals surface area contributed by atoms with Crippen LogP contribution in [0.3, 0.4) is 0 Å². The van der Waals surface area contributed by atoms with Gasteiger partial charge in [-0.15, -0.1) is 22.7 Å². The van der Waals surface area contributed by atoms with Crippen molar-refractivity contribution in [3.05, 3.63) is 51.9 Å². The van der Waals surface area contributed by atoms with Crippen molar-refractivity contribution >= 4 is 22.7 Å². The van der Waals surface area contributed by atoms with Gasteiger partial charge in [0.2, 0.25) is 0 Å². The summed E-state index contributed by atoms with van der Waals surface area (Å²) in [6.45, 7) is 1.93. The van der Waals surface area contributed by atoms with Crippen molar-refractivity contribution in [2.45, 2.75) is 32.0 Å². The summed E-state index contributed by atoms with van der Waals surface area (Å²) in [7, 11) is 0. The summed E-state index contributed by atoms with van der Waals surface area (Å²) in [6, 6.07) is 6.89. The van der Waals surface area contributed by atoms with E-state index in [0.717, 1.165) is 35.7 Å². The van der Waals surface area contributed by atoms with E-state index in [1.165, 1.54) is 17.7 Å². The molecule has 0 unspecified atom stereocenters. The maximum atomic E-state index is 4.72. The van der Waals surface area contributed by atoms with Gasteiger partial charge in [0.15, 0.2) is 10.8 Å². The van der Waals surface area contributed by atoms with E-state index in [4.69, 9.17) is 4.98 Å². The summed E-state index contributed by atoms with van der Waals surface area (Å²) < 4.78 is 0. The van der Waals surface area contributed by atoms with Gasteiger partial charge >= 0.3 is 0 Å². The maximum Gasteiger partial charge on any atom is 0.188 e. The van der Waals surface area contributed by atoms with Gasteiger partial charge in [0.25, 0.3) is 0 Å². The van der Waals surface area contributed by atoms with Crippen molar-refractivity contribution in [2.75, 3.05) is 0 Å². The fraction of sp³-hybridized carbons (Fsp3) is 0.312. The third-order valence-electron chi connectivity index (χ3n) is 3.68. The van der Waals surface area contributed by atoms with Crippen LogP contribution in [0.1, 0.15) is 23.4 Å². The third-order valence-corrected chi connectivity index (χ3v) is 5.42. The Morgan fingerprint density at radius 2 is 1.95 bits per heavy atom. The summed E-state index contributed by atoms with van der Waals surface area (Å²) in [4.78, 5) is 17.2. The minimum Gasteiger partial charge on any atom is -0.289 e. The molecule has 0 aromatic carbocycles. The van der Waals surface area contributed by atoms with Crippen LogP contribution in [0.4, 0.5) is 0 Å². The van der Waals surface area contributed by atoms with E-state index < -0.39 is 0 Å². The summed E-state index contributed by atoms with van der Waals surface area (Å²) in [5.41, 5.74) is 1.12. The van der Waals surface area contributed by atoms with Gasteiger partial charge in [0, 0.05) is 41.8 Å². The molecule has 0 atom stereocenters. The van der Waals surface area contributed by atoms with Crippen molar-refractivity contribution in [1.82, 2.24) is 19.9 Å². The first-order valence-electron chi connectivity index (χ1n) is 7.37. The standard InChI is InChI=1S/C16H16N4S2/c1-3-14(21-8-1)10-20(13-4-5-13)9-12-11-22-16(19-12)15-17-6-2-7-18-15/h1-3,6-8,11,13H,4-5,9-10H2. The first kappa shape index (κ1) is 14.0. The number of thiazole rings is 1. The SMILES string of the molecule is c1cnc(-c2nc(CN(Cc3cccs3)C3CC3)cs2)nc1. The molecule has 6 heteroatoms. The summed E-state index contributed by atoms with van der Waals surface area (Å²) in [5, 5.41) is 5.19. The Kier molecular flexibility index (Phi) is 3.97. The van der Waals surface area contributed by atoms with Gasteiger partial charge in [-0.25, -0.2) is 15.0 Å². The minimum atomic E-state index is 0.718. The number of rotatable bonds is 6. The lowest BCUT2D eigenvalue weighted by atomic mass is 10.3. The van der Waals surface area contributed by atoms with Gasteiger partial charge in [0.1, 0.15) is 0 Å². The highest BCUT2D eigenvalue weighted by molar-refractivity contribution is 7.13. The predicted octanol–water partition coefficient (Wildman–Crippen LogP) is 3.83. The highest BCUT2D eigenvalue weighted by Crippen LogP contribution is 2.31. The van der Waals surface area contributed by atoms with Crippen LogP contribution in [-0.4, -0.2) is 25.9 Å². The molecule has 4 rings (SSSR count). The molecule has 0 saturated heterocycles. The Morgan fingerprint density at radius 3 is 2.68 bits per heavy atom. The molecule has 22 heavy (non-hydrogen) atoms. The van der Waals surface area contributed by atoms with E-state index in [1.54, 1.807) is 23.7 Å². The lowest BCUT2D eigenvalue weighted by Gasteiger charge is -2.19. The monoisotopic (exact) mass is 328 g/mol. The van der Waals surface area contributed by atoms with Gasteiger partial charge < -0.3 is 0 Å². The second-order valence-corrected chi connectivity index (χ2v) is 7.32. The van der Waals surface area contributed by atoms with Crippen LogP contribution < -0.4 is 0 Å². The molecule has 1 aliphatic carbocycles. The number of nitrogens with zero attached hydrogens (tertiary/aromatic N) is 4. The van der Waals surface area contributed by atoms with Crippen LogP contribution in [0.2, 0.25) is 0 Å². The van der Waals surface area contributed by atoms with Gasteiger partial charge in [-0.1, -0.05) is 6.07 Å². The van der Waals surface area contributed by atoms with Crippen LogP contribution in [0, 0.1) is 0 Å². The topological polar surface area (TPSA) is 41.9 Å². The van der Waals surface area contributed by atoms with Gasteiger partial charge in [-0.05, 0) is 30.4 Å². The zero-order valence-electron chi connectivity index (χ0n) is 12.1. The molecule has 0 aliphatic heterocycles. The lowest BCUT2D eigenvalue weighted by molar-refractivity contribution is 0.245. The lowest BCUT2D eigenvalue weighted by Crippen LogP contribution is -2.24. The molecule has 0 bridgehead atoms. The fourth-order valence-electron chi connectivity index (χ4n) is 2.46. The average molecular weight is 328 g/mol. The molecular formula is C16H16N4S2. The predicted molar refractivity (Wildman–Crippen MR) is 89.7 cm³/mol. The molecule has 1 aliphatic rings. The van der Waals surface area contributed by atoms with Crippen LogP contribution in [0.25, 0.3) is 10.8 Å². The first-order valence-corrected chi connectivity index (χ1v) is 9.12. The molecular weight excluding hydrogens is 312 g/mol. The van der Waals surface area contributed by atoms with E-state index >= 15 is 0 Å². The average Bonchev–Trinajstić information content (AvgIpc) is 3.08. The molecule has 1 fully saturated rings. The largest absolute Gasteiger partial charge is 0.289 e. The second kappa shape index (κ2) is 6.24. The number of thiophene rings is 1. The molecule has 3 aromatic rings. The third kappa shape index (κ3) is 3.24. The zero-order valence-corrected chi connectivity index (χ0v) is 13.7. The van der Waals surface area contributed by atoms with E-state index in [2.05, 4.69) is 37.8 Å². The molecule has 1 saturated carbocycles. The molecule has 3 aromatic heterocycles. The molecule has 0 N–H and O–H groups in total. The molecule has 112 valence electrons. The molecule has 0 radical (unpaired) electrons. The van der Waals surface area contributed by atoms with Crippen LogP contribution in [0.15, 0.2) is 41.4 Å². The van der Waals surface area contributed by atoms with Crippen molar-refractivity contribution in [3.8, 4) is 10.8 Å². The Labute approximate surface area is 137 Å². The Bertz CT molecular complexity index is 720. The Hall–Kier alpha value is -1.63. The van der Waals surface area contributed by atoms with Crippen molar-refractivity contribution in [3.63, 3.8) is 0 Å². The van der Waals surface area contributed by atoms with Gasteiger partial charge in [-0.3, -0.25) is 4.90 Å². The molecule has 0 amide bonds. The van der Waals surface area contributed by atoms with Gasteiger partial charge in [0.05, 0.1) is 5.69 Å². The fourth-order valence-corrected chi connectivity index (χ4v) is 3.94. The number of aromatic nitrogens is 3. The van der Waals surface area contributed by atoms with E-state index in [1.807, 2.05) is 17.4 Å². The van der Waals surface area contributed by atoms with Crippen LogP contribution in [-0.2, 0) is 13.1 Å². The van der Waals surface area contributed by atoms with Crippen molar-refractivity contribution in [2.24, 2.45) is 0 Å². The normalized spacial score (nSPS) is 14.6. The van der Waals surface area contributed by atoms with E-state index in [9.17, 15) is 0 Å². The number of hydrogen-bond acceptors (Lipinski definition) is 6. The maximum absolute atomic E-state index is 4.72. The Balaban J connectivity index is 1.48. The molecule has 4 nitrogen and oxygen atoms in total. The summed E-state index contributed by atoms with van der Waals surface area (Å²) in [5.74, 6) is 0.718. The summed E-state index contributed by atoms with van der Waals surface area (Å²) >= 11 is 3.45. The van der Waals surface area contributed by atoms with Gasteiger partial charge in [-0.2, -0.15) is 0 Å². The second-order valence-electron chi connectivity index (χ2n) is 5.43. The summed E-state index contributed by atoms with van der Waals surface area (Å²) in [6.07, 6.45) is 6.14. The van der Waals surface area contributed by atoms with E-state index in [-0.39, 0.29) is 0 Å². The first-order chi connectivity index (χ1) is 10.9. The highest BCUT2D eigenvalue weighted by atomic mass is 32.1. The Morgan fingerprint density at radius 1 is 1.09 bits per heavy atom. The molecule has 3 heterocycles. The quantitative estimate of drug-likeness (QED) is 0.690. The minimum absolute atomic E-state index is 0.718. The van der Waals surface area contributed by atoms with Crippen molar-refractivity contribution in [1.29, 1.82) is 0 Å². The van der Waals surface area contributed by atoms with Crippen LogP contribution >= 0.6 is 22.7 Å². The molecule has 0 spiro atoms.